The van der Waals surface area contributed by atoms with Crippen molar-refractivity contribution >= 4 is 11.8 Å². The summed E-state index contributed by atoms with van der Waals surface area (Å²) in [4.78, 5) is 2.43. The third-order valence-electron chi connectivity index (χ3n) is 2.85. The summed E-state index contributed by atoms with van der Waals surface area (Å²) in [5.74, 6) is 8.80. The normalized spacial score (nSPS) is 26.8. The Morgan fingerprint density at radius 2 is 2.29 bits per heavy atom. The molecule has 3 N–H and O–H groups in total. The number of hydrogen-bond acceptors (Lipinski definition) is 4. The molecule has 0 bridgehead atoms. The van der Waals surface area contributed by atoms with Crippen molar-refractivity contribution in [2.75, 3.05) is 25.1 Å². The molecule has 0 spiro atoms. The molecule has 0 aromatic heterocycles. The van der Waals surface area contributed by atoms with Crippen molar-refractivity contribution in [1.29, 1.82) is 0 Å². The van der Waals surface area contributed by atoms with Crippen molar-refractivity contribution < 1.29 is 0 Å². The van der Waals surface area contributed by atoms with Gasteiger partial charge in [0.1, 0.15) is 0 Å². The lowest BCUT2D eigenvalue weighted by molar-refractivity contribution is 0.199. The van der Waals surface area contributed by atoms with Gasteiger partial charge in [-0.25, -0.2) is 0 Å². The third-order valence-corrected chi connectivity index (χ3v) is 3.90. The van der Waals surface area contributed by atoms with Gasteiger partial charge in [-0.05, 0) is 19.4 Å². The van der Waals surface area contributed by atoms with Gasteiger partial charge in [-0.1, -0.05) is 13.8 Å². The zero-order chi connectivity index (χ0) is 10.6. The summed E-state index contributed by atoms with van der Waals surface area (Å²) in [5, 5.41) is 0. The summed E-state index contributed by atoms with van der Waals surface area (Å²) >= 11 is 2.04. The van der Waals surface area contributed by atoms with Gasteiger partial charge in [-0.3, -0.25) is 11.3 Å². The minimum Gasteiger partial charge on any atom is -0.300 e. The van der Waals surface area contributed by atoms with Gasteiger partial charge in [-0.2, -0.15) is 11.8 Å². The van der Waals surface area contributed by atoms with Gasteiger partial charge in [0.15, 0.2) is 0 Å². The van der Waals surface area contributed by atoms with E-state index < -0.39 is 0 Å². The standard InChI is InChI=1S/C10H23N3S/c1-8(2)6-9(12-11)10-7-14-5-4-13(10)3/h8-10,12H,4-7,11H2,1-3H3. The first kappa shape index (κ1) is 12.3. The lowest BCUT2D eigenvalue weighted by Crippen LogP contribution is -2.55. The van der Waals surface area contributed by atoms with Crippen molar-refractivity contribution in [3.8, 4) is 0 Å². The molecule has 1 fully saturated rings. The zero-order valence-electron chi connectivity index (χ0n) is 9.49. The van der Waals surface area contributed by atoms with Gasteiger partial charge < -0.3 is 4.90 Å². The second-order valence-electron chi connectivity index (χ2n) is 4.53. The van der Waals surface area contributed by atoms with Crippen LogP contribution in [0.1, 0.15) is 20.3 Å². The first-order chi connectivity index (χ1) is 6.65. The molecule has 14 heavy (non-hydrogen) atoms. The molecular formula is C10H23N3S. The number of rotatable bonds is 4. The average Bonchev–Trinajstić information content (AvgIpc) is 2.15. The molecule has 1 saturated heterocycles. The van der Waals surface area contributed by atoms with Crippen LogP contribution in [0.25, 0.3) is 0 Å². The van der Waals surface area contributed by atoms with Crippen LogP contribution in [0.3, 0.4) is 0 Å². The number of likely N-dealkylation sites (N-methyl/N-ethyl adjacent to an activating group) is 1. The summed E-state index contributed by atoms with van der Waals surface area (Å²) in [7, 11) is 2.20. The lowest BCUT2D eigenvalue weighted by atomic mass is 9.98. The smallest absolute Gasteiger partial charge is 0.0376 e. The first-order valence-corrected chi connectivity index (χ1v) is 6.54. The summed E-state index contributed by atoms with van der Waals surface area (Å²) in [6.45, 7) is 5.69. The molecule has 0 aliphatic carbocycles. The van der Waals surface area contributed by atoms with Crippen molar-refractivity contribution in [2.24, 2.45) is 11.8 Å². The lowest BCUT2D eigenvalue weighted by Gasteiger charge is -2.38. The second kappa shape index (κ2) is 5.95. The van der Waals surface area contributed by atoms with Crippen LogP contribution in [0.4, 0.5) is 0 Å². The largest absolute Gasteiger partial charge is 0.300 e. The van der Waals surface area contributed by atoms with E-state index in [4.69, 9.17) is 5.84 Å². The topological polar surface area (TPSA) is 41.3 Å². The fourth-order valence-electron chi connectivity index (χ4n) is 1.97. The molecule has 1 rings (SSSR count). The fraction of sp³-hybridized carbons (Fsp3) is 1.00. The number of nitrogens with one attached hydrogen (secondary N) is 1. The van der Waals surface area contributed by atoms with Gasteiger partial charge >= 0.3 is 0 Å². The highest BCUT2D eigenvalue weighted by molar-refractivity contribution is 7.99. The van der Waals surface area contributed by atoms with E-state index in [9.17, 15) is 0 Å². The molecule has 84 valence electrons. The predicted molar refractivity (Wildman–Crippen MR) is 64.3 cm³/mol. The van der Waals surface area contributed by atoms with E-state index in [-0.39, 0.29) is 0 Å². The van der Waals surface area contributed by atoms with Crippen LogP contribution in [0.15, 0.2) is 0 Å². The van der Waals surface area contributed by atoms with Crippen LogP contribution in [0.5, 0.6) is 0 Å². The van der Waals surface area contributed by atoms with Gasteiger partial charge in [0.25, 0.3) is 0 Å². The van der Waals surface area contributed by atoms with Crippen molar-refractivity contribution in [1.82, 2.24) is 10.3 Å². The van der Waals surface area contributed by atoms with E-state index >= 15 is 0 Å². The molecule has 1 aliphatic rings. The molecule has 4 heteroatoms. The van der Waals surface area contributed by atoms with E-state index in [0.717, 1.165) is 6.42 Å². The van der Waals surface area contributed by atoms with Crippen LogP contribution < -0.4 is 11.3 Å². The van der Waals surface area contributed by atoms with Crippen LogP contribution in [0, 0.1) is 5.92 Å². The summed E-state index contributed by atoms with van der Waals surface area (Å²) in [6.07, 6.45) is 1.16. The number of thioether (sulfide) groups is 1. The molecule has 0 saturated carbocycles. The Hall–Kier alpha value is 0.230. The highest BCUT2D eigenvalue weighted by atomic mass is 32.2. The monoisotopic (exact) mass is 217 g/mol. The maximum Gasteiger partial charge on any atom is 0.0376 e. The number of hydrogen-bond donors (Lipinski definition) is 2. The zero-order valence-corrected chi connectivity index (χ0v) is 10.3. The van der Waals surface area contributed by atoms with Gasteiger partial charge in [0, 0.05) is 30.1 Å². The van der Waals surface area contributed by atoms with E-state index in [0.29, 0.717) is 18.0 Å². The predicted octanol–water partition coefficient (Wildman–Crippen LogP) is 0.912. The highest BCUT2D eigenvalue weighted by Crippen LogP contribution is 2.20. The fourth-order valence-corrected chi connectivity index (χ4v) is 3.29. The Kier molecular flexibility index (Phi) is 5.23. The van der Waals surface area contributed by atoms with Crippen LogP contribution >= 0.6 is 11.8 Å². The van der Waals surface area contributed by atoms with Crippen molar-refractivity contribution in [3.05, 3.63) is 0 Å². The molecule has 1 heterocycles. The second-order valence-corrected chi connectivity index (χ2v) is 5.68. The van der Waals surface area contributed by atoms with Crippen molar-refractivity contribution in [2.45, 2.75) is 32.4 Å². The van der Waals surface area contributed by atoms with E-state index in [2.05, 4.69) is 31.2 Å². The minimum absolute atomic E-state index is 0.438. The number of nitrogens with zero attached hydrogens (tertiary/aromatic N) is 1. The SMILES string of the molecule is CC(C)CC(NN)C1CSCCN1C. The Morgan fingerprint density at radius 1 is 1.57 bits per heavy atom. The molecule has 1 aliphatic heterocycles. The Balaban J connectivity index is 2.48. The van der Waals surface area contributed by atoms with Gasteiger partial charge in [-0.15, -0.1) is 0 Å². The Morgan fingerprint density at radius 3 is 2.79 bits per heavy atom. The van der Waals surface area contributed by atoms with E-state index in [1.165, 1.54) is 18.1 Å². The maximum atomic E-state index is 5.63. The summed E-state index contributed by atoms with van der Waals surface area (Å²) in [6, 6.07) is 1.04. The van der Waals surface area contributed by atoms with Crippen LogP contribution in [-0.2, 0) is 0 Å². The first-order valence-electron chi connectivity index (χ1n) is 5.39. The molecule has 0 amide bonds. The molecule has 0 radical (unpaired) electrons. The molecule has 2 unspecified atom stereocenters. The molecule has 0 aromatic rings. The Labute approximate surface area is 91.8 Å². The molecule has 0 aromatic carbocycles. The Bertz CT molecular complexity index is 163. The molecular weight excluding hydrogens is 194 g/mol. The molecule has 3 nitrogen and oxygen atoms in total. The summed E-state index contributed by atoms with van der Waals surface area (Å²) < 4.78 is 0. The minimum atomic E-state index is 0.438. The average molecular weight is 217 g/mol. The quantitative estimate of drug-likeness (QED) is 0.542. The number of nitrogens with two attached hydrogens (primary N) is 1. The van der Waals surface area contributed by atoms with Crippen LogP contribution in [-0.4, -0.2) is 42.1 Å². The highest BCUT2D eigenvalue weighted by Gasteiger charge is 2.27. The van der Waals surface area contributed by atoms with E-state index in [1.807, 2.05) is 11.8 Å². The maximum absolute atomic E-state index is 5.63. The van der Waals surface area contributed by atoms with Gasteiger partial charge in [0.2, 0.25) is 0 Å². The number of hydrazine groups is 1. The van der Waals surface area contributed by atoms with Crippen molar-refractivity contribution in [3.63, 3.8) is 0 Å². The third kappa shape index (κ3) is 3.42. The van der Waals surface area contributed by atoms with Crippen LogP contribution in [0.2, 0.25) is 0 Å². The van der Waals surface area contributed by atoms with E-state index in [1.54, 1.807) is 0 Å². The summed E-state index contributed by atoms with van der Waals surface area (Å²) in [5.41, 5.74) is 2.98. The molecule has 2 atom stereocenters. The van der Waals surface area contributed by atoms with Gasteiger partial charge in [0.05, 0.1) is 0 Å².